The maximum Gasteiger partial charge on any atom is 0.418 e. The number of nitrogens with zero attached hydrogens (tertiary/aromatic N) is 2. The molecular weight excluding hydrogens is 317 g/mol. The summed E-state index contributed by atoms with van der Waals surface area (Å²) >= 11 is 0. The Morgan fingerprint density at radius 3 is 2.78 bits per heavy atom. The topological polar surface area (TPSA) is 89.3 Å². The highest BCUT2D eigenvalue weighted by Crippen LogP contribution is 2.34. The van der Waals surface area contributed by atoms with E-state index in [-0.39, 0.29) is 24.7 Å². The number of methoxy groups -OCH3 is 1. The molecule has 2 amide bonds. The van der Waals surface area contributed by atoms with E-state index in [2.05, 4.69) is 20.8 Å². The van der Waals surface area contributed by atoms with E-state index >= 15 is 0 Å². The minimum absolute atomic E-state index is 0.108. The van der Waals surface area contributed by atoms with Gasteiger partial charge in [0.05, 0.1) is 17.8 Å². The van der Waals surface area contributed by atoms with Crippen LogP contribution in [0.4, 0.5) is 23.7 Å². The van der Waals surface area contributed by atoms with Gasteiger partial charge in [-0.1, -0.05) is 17.3 Å². The van der Waals surface area contributed by atoms with E-state index in [9.17, 15) is 18.0 Å². The average Bonchev–Trinajstić information content (AvgIpc) is 2.93. The first-order chi connectivity index (χ1) is 10.9. The summed E-state index contributed by atoms with van der Waals surface area (Å²) in [6, 6.07) is 3.84. The van der Waals surface area contributed by atoms with Crippen LogP contribution in [0.15, 0.2) is 28.8 Å². The largest absolute Gasteiger partial charge is 0.418 e. The second-order valence-electron chi connectivity index (χ2n) is 4.39. The molecule has 10 heteroatoms. The van der Waals surface area contributed by atoms with Gasteiger partial charge in [0.15, 0.2) is 5.82 Å². The van der Waals surface area contributed by atoms with E-state index in [0.717, 1.165) is 12.1 Å². The molecule has 0 radical (unpaired) electrons. The number of hydrogen-bond donors (Lipinski definition) is 2. The summed E-state index contributed by atoms with van der Waals surface area (Å²) in [6.07, 6.45) is -4.56. The van der Waals surface area contributed by atoms with Gasteiger partial charge in [0, 0.05) is 7.11 Å². The Morgan fingerprint density at radius 2 is 2.09 bits per heavy atom. The van der Waals surface area contributed by atoms with Crippen molar-refractivity contribution in [3.8, 4) is 0 Å². The van der Waals surface area contributed by atoms with Gasteiger partial charge in [-0.25, -0.2) is 4.79 Å². The fourth-order valence-electron chi connectivity index (χ4n) is 1.71. The van der Waals surface area contributed by atoms with Crippen molar-refractivity contribution in [3.05, 3.63) is 41.5 Å². The summed E-state index contributed by atoms with van der Waals surface area (Å²) in [5.41, 5.74) is -1.28. The normalized spacial score (nSPS) is 11.3. The summed E-state index contributed by atoms with van der Waals surface area (Å²) in [5, 5.41) is 8.04. The van der Waals surface area contributed by atoms with Crippen molar-refractivity contribution in [1.82, 2.24) is 15.5 Å². The highest BCUT2D eigenvalue weighted by atomic mass is 19.4. The van der Waals surface area contributed by atoms with Gasteiger partial charge >= 0.3 is 12.2 Å². The number of carbonyl (C=O) groups excluding carboxylic acids is 1. The second-order valence-corrected chi connectivity index (χ2v) is 4.39. The molecule has 0 spiro atoms. The van der Waals surface area contributed by atoms with Gasteiger partial charge < -0.3 is 19.9 Å². The maximum absolute atomic E-state index is 12.8. The third-order valence-corrected chi connectivity index (χ3v) is 2.66. The van der Waals surface area contributed by atoms with E-state index < -0.39 is 17.8 Å². The lowest BCUT2D eigenvalue weighted by Gasteiger charge is -2.13. The number of ether oxygens (including phenoxy) is 1. The molecule has 124 valence electrons. The predicted molar refractivity (Wildman–Crippen MR) is 72.3 cm³/mol. The molecule has 0 aliphatic rings. The molecule has 0 fully saturated rings. The standard InChI is InChI=1S/C13H13F3N4O3/c1-22-7-10-19-11(23-20-10)6-17-12(21)18-9-5-3-2-4-8(9)13(14,15)16/h2-5H,6-7H2,1H3,(H2,17,18,21). The maximum atomic E-state index is 12.8. The number of nitrogens with one attached hydrogen (secondary N) is 2. The van der Waals surface area contributed by atoms with Gasteiger partial charge in [0.25, 0.3) is 0 Å². The molecule has 0 saturated heterocycles. The van der Waals surface area contributed by atoms with E-state index in [1.54, 1.807) is 0 Å². The van der Waals surface area contributed by atoms with Gasteiger partial charge in [0.2, 0.25) is 5.89 Å². The summed E-state index contributed by atoms with van der Waals surface area (Å²) in [7, 11) is 1.46. The van der Waals surface area contributed by atoms with Gasteiger partial charge in [-0.15, -0.1) is 0 Å². The predicted octanol–water partition coefficient (Wildman–Crippen LogP) is 2.56. The Balaban J connectivity index is 1.95. The van der Waals surface area contributed by atoms with Crippen LogP contribution in [-0.4, -0.2) is 23.3 Å². The summed E-state index contributed by atoms with van der Waals surface area (Å²) < 4.78 is 48.1. The van der Waals surface area contributed by atoms with E-state index in [1.807, 2.05) is 0 Å². The number of para-hydroxylation sites is 1. The number of anilines is 1. The number of alkyl halides is 3. The van der Waals surface area contributed by atoms with Crippen LogP contribution in [0.25, 0.3) is 0 Å². The van der Waals surface area contributed by atoms with Crippen LogP contribution in [0.2, 0.25) is 0 Å². The Morgan fingerprint density at radius 1 is 1.35 bits per heavy atom. The molecule has 0 aliphatic carbocycles. The molecule has 0 saturated carbocycles. The first kappa shape index (κ1) is 16.7. The van der Waals surface area contributed by atoms with E-state index in [1.165, 1.54) is 19.2 Å². The van der Waals surface area contributed by atoms with Crippen LogP contribution >= 0.6 is 0 Å². The SMILES string of the molecule is COCc1noc(CNC(=O)Nc2ccccc2C(F)(F)F)n1. The molecule has 2 N–H and O–H groups in total. The number of rotatable bonds is 5. The minimum atomic E-state index is -4.56. The Bertz CT molecular complexity index is 672. The lowest BCUT2D eigenvalue weighted by Crippen LogP contribution is -2.29. The highest BCUT2D eigenvalue weighted by molar-refractivity contribution is 5.90. The quantitative estimate of drug-likeness (QED) is 0.879. The molecule has 0 bridgehead atoms. The lowest BCUT2D eigenvalue weighted by molar-refractivity contribution is -0.136. The van der Waals surface area contributed by atoms with Crippen molar-refractivity contribution in [2.45, 2.75) is 19.3 Å². The fraction of sp³-hybridized carbons (Fsp3) is 0.308. The summed E-state index contributed by atoms with van der Waals surface area (Å²) in [4.78, 5) is 15.6. The summed E-state index contributed by atoms with van der Waals surface area (Å²) in [5.74, 6) is 0.406. The first-order valence-electron chi connectivity index (χ1n) is 6.41. The molecule has 0 atom stereocenters. The highest BCUT2D eigenvalue weighted by Gasteiger charge is 2.33. The lowest BCUT2D eigenvalue weighted by atomic mass is 10.1. The first-order valence-corrected chi connectivity index (χ1v) is 6.41. The molecule has 7 nitrogen and oxygen atoms in total. The van der Waals surface area contributed by atoms with E-state index in [4.69, 9.17) is 9.26 Å². The van der Waals surface area contributed by atoms with Gasteiger partial charge in [-0.3, -0.25) is 0 Å². The van der Waals surface area contributed by atoms with Crippen LogP contribution in [0, 0.1) is 0 Å². The smallest absolute Gasteiger partial charge is 0.377 e. The fourth-order valence-corrected chi connectivity index (χ4v) is 1.71. The minimum Gasteiger partial charge on any atom is -0.377 e. The van der Waals surface area contributed by atoms with Gasteiger partial charge in [-0.2, -0.15) is 18.2 Å². The summed E-state index contributed by atoms with van der Waals surface area (Å²) in [6.45, 7) is 0.0192. The molecule has 1 aromatic carbocycles. The van der Waals surface area contributed by atoms with Crippen LogP contribution in [0.1, 0.15) is 17.3 Å². The molecule has 1 heterocycles. The van der Waals surface area contributed by atoms with Crippen molar-refractivity contribution in [2.24, 2.45) is 0 Å². The Labute approximate surface area is 128 Å². The number of urea groups is 1. The molecule has 2 rings (SSSR count). The van der Waals surface area contributed by atoms with Crippen molar-refractivity contribution in [2.75, 3.05) is 12.4 Å². The second kappa shape index (κ2) is 7.09. The number of carbonyl (C=O) groups is 1. The van der Waals surface area contributed by atoms with Crippen molar-refractivity contribution >= 4 is 11.7 Å². The number of benzene rings is 1. The Kier molecular flexibility index (Phi) is 5.16. The third-order valence-electron chi connectivity index (χ3n) is 2.66. The van der Waals surface area contributed by atoms with Gasteiger partial charge in [-0.05, 0) is 12.1 Å². The molecule has 1 aromatic heterocycles. The van der Waals surface area contributed by atoms with Crippen molar-refractivity contribution in [1.29, 1.82) is 0 Å². The third kappa shape index (κ3) is 4.68. The van der Waals surface area contributed by atoms with Crippen LogP contribution in [-0.2, 0) is 24.1 Å². The van der Waals surface area contributed by atoms with E-state index in [0.29, 0.717) is 5.82 Å². The van der Waals surface area contributed by atoms with Crippen molar-refractivity contribution < 1.29 is 27.2 Å². The molecule has 0 unspecified atom stereocenters. The van der Waals surface area contributed by atoms with Crippen LogP contribution < -0.4 is 10.6 Å². The molecule has 23 heavy (non-hydrogen) atoms. The molecular formula is C13H13F3N4O3. The monoisotopic (exact) mass is 330 g/mol. The molecule has 2 aromatic rings. The van der Waals surface area contributed by atoms with Crippen molar-refractivity contribution in [3.63, 3.8) is 0 Å². The Hall–Kier alpha value is -2.62. The number of aromatic nitrogens is 2. The average molecular weight is 330 g/mol. The zero-order valence-electron chi connectivity index (χ0n) is 12.0. The van der Waals surface area contributed by atoms with Crippen LogP contribution in [0.5, 0.6) is 0 Å². The molecule has 0 aliphatic heterocycles. The zero-order valence-corrected chi connectivity index (χ0v) is 12.0. The number of hydrogen-bond acceptors (Lipinski definition) is 5. The zero-order chi connectivity index (χ0) is 16.9. The van der Waals surface area contributed by atoms with Crippen LogP contribution in [0.3, 0.4) is 0 Å². The number of amides is 2. The van der Waals surface area contributed by atoms with Gasteiger partial charge in [0.1, 0.15) is 6.61 Å². The number of halogens is 3.